The first-order valence-corrected chi connectivity index (χ1v) is 10.2. The van der Waals surface area contributed by atoms with Crippen molar-refractivity contribution in [3.63, 3.8) is 0 Å². The third-order valence-electron chi connectivity index (χ3n) is 5.74. The average Bonchev–Trinajstić information content (AvgIpc) is 2.66. The molecule has 0 amide bonds. The minimum Gasteiger partial charge on any atom is -0.396 e. The lowest BCUT2D eigenvalue weighted by atomic mass is 9.82. The lowest BCUT2D eigenvalue weighted by Crippen LogP contribution is -2.38. The molecule has 2 N–H and O–H groups in total. The molecule has 3 rings (SSSR count). The van der Waals surface area contributed by atoms with Gasteiger partial charge in [0, 0.05) is 38.0 Å². The highest BCUT2D eigenvalue weighted by Crippen LogP contribution is 2.28. The zero-order valence-electron chi connectivity index (χ0n) is 15.7. The monoisotopic (exact) mass is 346 g/mol. The van der Waals surface area contributed by atoms with Gasteiger partial charge in [-0.05, 0) is 57.4 Å². The molecule has 1 saturated heterocycles. The zero-order valence-corrected chi connectivity index (χ0v) is 15.7. The summed E-state index contributed by atoms with van der Waals surface area (Å²) in [5, 5.41) is 13.1. The third kappa shape index (κ3) is 5.38. The van der Waals surface area contributed by atoms with Crippen LogP contribution >= 0.6 is 0 Å². The second-order valence-electron chi connectivity index (χ2n) is 7.75. The summed E-state index contributed by atoms with van der Waals surface area (Å²) in [6.07, 6.45) is 11.3. The maximum absolute atomic E-state index is 9.45. The van der Waals surface area contributed by atoms with Crippen LogP contribution in [0.5, 0.6) is 0 Å². The van der Waals surface area contributed by atoms with Crippen molar-refractivity contribution in [3.8, 4) is 0 Å². The Labute approximate surface area is 152 Å². The van der Waals surface area contributed by atoms with Crippen molar-refractivity contribution >= 4 is 5.95 Å². The first-order valence-electron chi connectivity index (χ1n) is 10.2. The molecule has 1 aromatic rings. The fourth-order valence-corrected chi connectivity index (χ4v) is 4.36. The smallest absolute Gasteiger partial charge is 0.225 e. The van der Waals surface area contributed by atoms with E-state index in [4.69, 9.17) is 4.98 Å². The van der Waals surface area contributed by atoms with E-state index in [-0.39, 0.29) is 6.61 Å². The number of anilines is 1. The molecule has 2 aliphatic rings. The van der Waals surface area contributed by atoms with Crippen LogP contribution in [-0.2, 0) is 6.54 Å². The van der Waals surface area contributed by atoms with Gasteiger partial charge in [0.05, 0.1) is 5.69 Å². The minimum atomic E-state index is 0.260. The van der Waals surface area contributed by atoms with Gasteiger partial charge >= 0.3 is 0 Å². The highest BCUT2D eigenvalue weighted by Gasteiger charge is 2.23. The van der Waals surface area contributed by atoms with Crippen molar-refractivity contribution in [2.24, 2.45) is 5.92 Å². The molecule has 5 nitrogen and oxygen atoms in total. The summed E-state index contributed by atoms with van der Waals surface area (Å²) in [6.45, 7) is 5.24. The van der Waals surface area contributed by atoms with Crippen LogP contribution in [0.25, 0.3) is 0 Å². The average molecular weight is 347 g/mol. The number of aliphatic hydroxyl groups is 1. The van der Waals surface area contributed by atoms with E-state index in [1.54, 1.807) is 0 Å². The van der Waals surface area contributed by atoms with Crippen LogP contribution in [-0.4, -0.2) is 40.8 Å². The fourth-order valence-electron chi connectivity index (χ4n) is 4.36. The van der Waals surface area contributed by atoms with E-state index in [1.807, 2.05) is 0 Å². The van der Waals surface area contributed by atoms with Crippen LogP contribution in [0.15, 0.2) is 6.07 Å². The molecular formula is C20H34N4O. The molecule has 5 heteroatoms. The van der Waals surface area contributed by atoms with Crippen molar-refractivity contribution in [3.05, 3.63) is 17.5 Å². The maximum Gasteiger partial charge on any atom is 0.225 e. The molecule has 0 spiro atoms. The summed E-state index contributed by atoms with van der Waals surface area (Å²) in [5.41, 5.74) is 2.12. The number of rotatable bonds is 7. The molecule has 1 aromatic heterocycles. The number of piperidine rings is 1. The molecule has 1 atom stereocenters. The van der Waals surface area contributed by atoms with Crippen LogP contribution in [0.2, 0.25) is 0 Å². The molecule has 2 heterocycles. The number of hydrogen-bond donors (Lipinski definition) is 2. The standard InChI is InChI=1S/C20H34N4O/c1-16-14-18(23-20(22-16)24-11-6-3-7-12-24)15-21-19(10-13-25)17-8-4-2-5-9-17/h14,17,19,21,25H,2-13,15H2,1H3. The van der Waals surface area contributed by atoms with E-state index < -0.39 is 0 Å². The first kappa shape index (κ1) is 18.6. The van der Waals surface area contributed by atoms with E-state index in [2.05, 4.69) is 28.2 Å². The molecule has 1 unspecified atom stereocenters. The molecule has 0 aromatic carbocycles. The van der Waals surface area contributed by atoms with Crippen molar-refractivity contribution in [1.29, 1.82) is 0 Å². The van der Waals surface area contributed by atoms with E-state index >= 15 is 0 Å². The number of hydrogen-bond acceptors (Lipinski definition) is 5. The molecule has 140 valence electrons. The third-order valence-corrected chi connectivity index (χ3v) is 5.74. The number of aryl methyl sites for hydroxylation is 1. The molecular weight excluding hydrogens is 312 g/mol. The van der Waals surface area contributed by atoms with E-state index in [9.17, 15) is 5.11 Å². The fraction of sp³-hybridized carbons (Fsp3) is 0.800. The van der Waals surface area contributed by atoms with Gasteiger partial charge in [-0.2, -0.15) is 0 Å². The molecule has 1 aliphatic carbocycles. The lowest BCUT2D eigenvalue weighted by molar-refractivity contribution is 0.205. The molecule has 0 radical (unpaired) electrons. The van der Waals surface area contributed by atoms with Crippen LogP contribution < -0.4 is 10.2 Å². The van der Waals surface area contributed by atoms with E-state index in [0.29, 0.717) is 12.0 Å². The summed E-state index contributed by atoms with van der Waals surface area (Å²) < 4.78 is 0. The highest BCUT2D eigenvalue weighted by molar-refractivity contribution is 5.32. The Morgan fingerprint density at radius 3 is 2.56 bits per heavy atom. The van der Waals surface area contributed by atoms with E-state index in [0.717, 1.165) is 43.4 Å². The second-order valence-corrected chi connectivity index (χ2v) is 7.75. The molecule has 0 bridgehead atoms. The van der Waals surface area contributed by atoms with Gasteiger partial charge in [-0.15, -0.1) is 0 Å². The van der Waals surface area contributed by atoms with Gasteiger partial charge in [-0.25, -0.2) is 9.97 Å². The van der Waals surface area contributed by atoms with Gasteiger partial charge in [-0.1, -0.05) is 19.3 Å². The number of nitrogens with zero attached hydrogens (tertiary/aromatic N) is 3. The van der Waals surface area contributed by atoms with Crippen molar-refractivity contribution < 1.29 is 5.11 Å². The van der Waals surface area contributed by atoms with Crippen molar-refractivity contribution in [1.82, 2.24) is 15.3 Å². The van der Waals surface area contributed by atoms with Crippen LogP contribution in [0.4, 0.5) is 5.95 Å². The van der Waals surface area contributed by atoms with Gasteiger partial charge in [0.25, 0.3) is 0 Å². The molecule has 2 fully saturated rings. The summed E-state index contributed by atoms with van der Waals surface area (Å²) in [5.74, 6) is 1.60. The Morgan fingerprint density at radius 1 is 1.12 bits per heavy atom. The van der Waals surface area contributed by atoms with Gasteiger partial charge in [-0.3, -0.25) is 0 Å². The summed E-state index contributed by atoms with van der Waals surface area (Å²) in [6, 6.07) is 2.50. The largest absolute Gasteiger partial charge is 0.396 e. The minimum absolute atomic E-state index is 0.260. The van der Waals surface area contributed by atoms with Crippen LogP contribution in [0.1, 0.15) is 69.2 Å². The van der Waals surface area contributed by atoms with Crippen molar-refractivity contribution in [2.45, 2.75) is 77.3 Å². The van der Waals surface area contributed by atoms with Gasteiger partial charge in [0.1, 0.15) is 0 Å². The Bertz CT molecular complexity index is 524. The Balaban J connectivity index is 1.63. The second kappa shape index (κ2) is 9.48. The Morgan fingerprint density at radius 2 is 1.84 bits per heavy atom. The molecule has 25 heavy (non-hydrogen) atoms. The quantitative estimate of drug-likeness (QED) is 0.794. The summed E-state index contributed by atoms with van der Waals surface area (Å²) in [7, 11) is 0. The topological polar surface area (TPSA) is 61.3 Å². The lowest BCUT2D eigenvalue weighted by Gasteiger charge is -2.31. The highest BCUT2D eigenvalue weighted by atomic mass is 16.3. The summed E-state index contributed by atoms with van der Waals surface area (Å²) in [4.78, 5) is 11.8. The first-order chi connectivity index (χ1) is 12.3. The van der Waals surface area contributed by atoms with Crippen molar-refractivity contribution in [2.75, 3.05) is 24.6 Å². The SMILES string of the molecule is Cc1cc(CNC(CCO)C2CCCCC2)nc(N2CCCCC2)n1. The molecule has 1 saturated carbocycles. The van der Waals surface area contributed by atoms with Crippen LogP contribution in [0, 0.1) is 12.8 Å². The Kier molecular flexibility index (Phi) is 7.05. The normalized spacial score (nSPS) is 20.6. The van der Waals surface area contributed by atoms with E-state index in [1.165, 1.54) is 51.4 Å². The van der Waals surface area contributed by atoms with Gasteiger partial charge < -0.3 is 15.3 Å². The Hall–Kier alpha value is -1.20. The van der Waals surface area contributed by atoms with Gasteiger partial charge in [0.2, 0.25) is 5.95 Å². The maximum atomic E-state index is 9.45. The predicted molar refractivity (Wildman–Crippen MR) is 102 cm³/mol. The van der Waals surface area contributed by atoms with Crippen LogP contribution in [0.3, 0.4) is 0 Å². The number of aromatic nitrogens is 2. The molecule has 1 aliphatic heterocycles. The number of nitrogens with one attached hydrogen (secondary N) is 1. The van der Waals surface area contributed by atoms with Gasteiger partial charge in [0.15, 0.2) is 0 Å². The predicted octanol–water partition coefficient (Wildman–Crippen LogP) is 3.20. The zero-order chi connectivity index (χ0) is 17.5. The summed E-state index contributed by atoms with van der Waals surface area (Å²) >= 11 is 0. The number of aliphatic hydroxyl groups excluding tert-OH is 1.